The molecule has 1 aliphatic carbocycles. The minimum absolute atomic E-state index is 0.0346. The van der Waals surface area contributed by atoms with Gasteiger partial charge in [0.2, 0.25) is 5.91 Å². The van der Waals surface area contributed by atoms with Crippen LogP contribution in [-0.4, -0.2) is 37.9 Å². The van der Waals surface area contributed by atoms with Crippen molar-refractivity contribution in [1.82, 2.24) is 5.32 Å². The third-order valence-corrected chi connectivity index (χ3v) is 4.78. The van der Waals surface area contributed by atoms with Crippen LogP contribution < -0.4 is 5.32 Å². The normalized spacial score (nSPS) is 19.8. The van der Waals surface area contributed by atoms with E-state index >= 15 is 0 Å². The maximum atomic E-state index is 13.2. The zero-order chi connectivity index (χ0) is 17.6. The molecular weight excluding hydrogens is 302 g/mol. The van der Waals surface area contributed by atoms with Crippen LogP contribution in [0.1, 0.15) is 37.8 Å². The number of ether oxygens (including phenoxy) is 1. The Hall–Kier alpha value is -1.65. The van der Waals surface area contributed by atoms with Crippen LogP contribution in [0.3, 0.4) is 0 Å². The number of fused-ring (bicyclic) bond motifs is 1. The number of benzene rings is 1. The second kappa shape index (κ2) is 8.45. The van der Waals surface area contributed by atoms with Gasteiger partial charge in [-0.15, -0.1) is 0 Å². The van der Waals surface area contributed by atoms with Gasteiger partial charge in [-0.2, -0.15) is 0 Å². The van der Waals surface area contributed by atoms with Crippen molar-refractivity contribution >= 4 is 5.91 Å². The van der Waals surface area contributed by atoms with E-state index in [0.717, 1.165) is 30.4 Å². The minimum Gasteiger partial charge on any atom is -0.395 e. The van der Waals surface area contributed by atoms with Crippen LogP contribution >= 0.6 is 0 Å². The summed E-state index contributed by atoms with van der Waals surface area (Å²) >= 11 is 0. The number of rotatable bonds is 8. The average Bonchev–Trinajstić information content (AvgIpc) is 2.58. The summed E-state index contributed by atoms with van der Waals surface area (Å²) in [5.74, 6) is 0.470. The van der Waals surface area contributed by atoms with Crippen LogP contribution in [0.4, 0.5) is 0 Å². The number of aliphatic hydroxyl groups is 1. The first-order chi connectivity index (χ1) is 11.6. The van der Waals surface area contributed by atoms with Crippen LogP contribution in [-0.2, 0) is 21.4 Å². The predicted molar refractivity (Wildman–Crippen MR) is 96.0 cm³/mol. The second-order valence-corrected chi connectivity index (χ2v) is 6.84. The summed E-state index contributed by atoms with van der Waals surface area (Å²) in [5.41, 5.74) is 2.60. The lowest BCUT2D eigenvalue weighted by atomic mass is 9.65. The number of hydrogen-bond donors (Lipinski definition) is 2. The Balaban J connectivity index is 2.53. The third kappa shape index (κ3) is 3.70. The Morgan fingerprint density at radius 3 is 2.79 bits per heavy atom. The van der Waals surface area contributed by atoms with Crippen LogP contribution in [0, 0.1) is 5.92 Å². The standard InChI is InChI=1S/C20H29NO3/c1-15(2)10-11-20(19(23)21-12-13-22)17(14-24-3)9-8-16-6-4-5-7-18(16)20/h4-7,9,15,22H,8,10-14H2,1-3H3,(H,21,23). The van der Waals surface area contributed by atoms with Gasteiger partial charge in [0.15, 0.2) is 0 Å². The van der Waals surface area contributed by atoms with Gasteiger partial charge in [0.25, 0.3) is 0 Å². The highest BCUT2D eigenvalue weighted by molar-refractivity contribution is 5.93. The van der Waals surface area contributed by atoms with Gasteiger partial charge in [-0.25, -0.2) is 0 Å². The van der Waals surface area contributed by atoms with Crippen molar-refractivity contribution in [2.24, 2.45) is 5.92 Å². The molecule has 1 amide bonds. The van der Waals surface area contributed by atoms with Gasteiger partial charge in [0.1, 0.15) is 0 Å². The number of aliphatic hydroxyl groups excluding tert-OH is 1. The lowest BCUT2D eigenvalue weighted by Gasteiger charge is -2.40. The first-order valence-electron chi connectivity index (χ1n) is 8.72. The Kier molecular flexibility index (Phi) is 6.58. The average molecular weight is 331 g/mol. The molecule has 0 saturated heterocycles. The highest BCUT2D eigenvalue weighted by Gasteiger charge is 2.45. The highest BCUT2D eigenvalue weighted by atomic mass is 16.5. The molecule has 0 aromatic heterocycles. The zero-order valence-corrected chi connectivity index (χ0v) is 15.0. The van der Waals surface area contributed by atoms with Crippen LogP contribution in [0.5, 0.6) is 0 Å². The van der Waals surface area contributed by atoms with Gasteiger partial charge >= 0.3 is 0 Å². The number of methoxy groups -OCH3 is 1. The molecule has 4 heteroatoms. The molecule has 1 aliphatic rings. The monoisotopic (exact) mass is 331 g/mol. The molecule has 24 heavy (non-hydrogen) atoms. The molecule has 2 N–H and O–H groups in total. The molecule has 132 valence electrons. The SMILES string of the molecule is COCC1=CCc2ccccc2C1(CCC(C)C)C(=O)NCCO. The van der Waals surface area contributed by atoms with E-state index in [9.17, 15) is 4.79 Å². The van der Waals surface area contributed by atoms with E-state index < -0.39 is 5.41 Å². The fourth-order valence-electron chi connectivity index (χ4n) is 3.54. The summed E-state index contributed by atoms with van der Waals surface area (Å²) in [6.07, 6.45) is 4.66. The molecule has 0 radical (unpaired) electrons. The van der Waals surface area contributed by atoms with E-state index in [1.54, 1.807) is 7.11 Å². The van der Waals surface area contributed by atoms with E-state index in [2.05, 4.69) is 37.4 Å². The maximum Gasteiger partial charge on any atom is 0.234 e. The van der Waals surface area contributed by atoms with Gasteiger partial charge < -0.3 is 15.2 Å². The topological polar surface area (TPSA) is 58.6 Å². The number of amides is 1. The van der Waals surface area contributed by atoms with Crippen LogP contribution in [0.2, 0.25) is 0 Å². The van der Waals surface area contributed by atoms with E-state index in [-0.39, 0.29) is 19.1 Å². The smallest absolute Gasteiger partial charge is 0.234 e. The molecule has 0 fully saturated rings. The molecule has 1 aromatic carbocycles. The van der Waals surface area contributed by atoms with E-state index in [0.29, 0.717) is 12.5 Å². The molecular formula is C20H29NO3. The van der Waals surface area contributed by atoms with Crippen molar-refractivity contribution in [1.29, 1.82) is 0 Å². The van der Waals surface area contributed by atoms with Gasteiger partial charge in [0.05, 0.1) is 18.6 Å². The summed E-state index contributed by atoms with van der Waals surface area (Å²) in [5, 5.41) is 12.0. The molecule has 0 aliphatic heterocycles. The molecule has 4 nitrogen and oxygen atoms in total. The van der Waals surface area contributed by atoms with Gasteiger partial charge in [0, 0.05) is 13.7 Å². The molecule has 0 saturated carbocycles. The third-order valence-electron chi connectivity index (χ3n) is 4.78. The molecule has 2 rings (SSSR count). The molecule has 1 aromatic rings. The van der Waals surface area contributed by atoms with Crippen molar-refractivity contribution < 1.29 is 14.6 Å². The first-order valence-corrected chi connectivity index (χ1v) is 8.72. The lowest BCUT2D eigenvalue weighted by Crippen LogP contribution is -2.49. The van der Waals surface area contributed by atoms with E-state index in [1.165, 1.54) is 5.56 Å². The molecule has 1 unspecified atom stereocenters. The Labute approximate surface area is 144 Å². The lowest BCUT2D eigenvalue weighted by molar-refractivity contribution is -0.126. The molecule has 0 spiro atoms. The maximum absolute atomic E-state index is 13.2. The van der Waals surface area contributed by atoms with Gasteiger partial charge in [-0.05, 0) is 41.9 Å². The largest absolute Gasteiger partial charge is 0.395 e. The number of carbonyl (C=O) groups excluding carboxylic acids is 1. The number of allylic oxidation sites excluding steroid dienone is 1. The minimum atomic E-state index is -0.704. The van der Waals surface area contributed by atoms with Crippen molar-refractivity contribution in [3.8, 4) is 0 Å². The molecule has 0 heterocycles. The summed E-state index contributed by atoms with van der Waals surface area (Å²) < 4.78 is 5.42. The summed E-state index contributed by atoms with van der Waals surface area (Å²) in [7, 11) is 1.67. The van der Waals surface area contributed by atoms with Gasteiger partial charge in [-0.3, -0.25) is 4.79 Å². The molecule has 1 atom stereocenters. The zero-order valence-electron chi connectivity index (χ0n) is 15.0. The summed E-state index contributed by atoms with van der Waals surface area (Å²) in [6.45, 7) is 5.00. The van der Waals surface area contributed by atoms with Crippen molar-refractivity contribution in [3.63, 3.8) is 0 Å². The quantitative estimate of drug-likeness (QED) is 0.720. The Morgan fingerprint density at radius 1 is 1.38 bits per heavy atom. The number of nitrogens with one attached hydrogen (secondary N) is 1. The van der Waals surface area contributed by atoms with E-state index in [1.807, 2.05) is 12.1 Å². The fraction of sp³-hybridized carbons (Fsp3) is 0.550. The fourth-order valence-corrected chi connectivity index (χ4v) is 3.54. The highest BCUT2D eigenvalue weighted by Crippen LogP contribution is 2.43. The van der Waals surface area contributed by atoms with E-state index in [4.69, 9.17) is 9.84 Å². The number of hydrogen-bond acceptors (Lipinski definition) is 3. The Morgan fingerprint density at radius 2 is 2.12 bits per heavy atom. The summed E-state index contributed by atoms with van der Waals surface area (Å²) in [6, 6.07) is 8.18. The summed E-state index contributed by atoms with van der Waals surface area (Å²) in [4.78, 5) is 13.2. The predicted octanol–water partition coefficient (Wildman–Crippen LogP) is 2.60. The van der Waals surface area contributed by atoms with Gasteiger partial charge in [-0.1, -0.05) is 44.2 Å². The van der Waals surface area contributed by atoms with Crippen LogP contribution in [0.25, 0.3) is 0 Å². The van der Waals surface area contributed by atoms with Crippen molar-refractivity contribution in [2.45, 2.75) is 38.5 Å². The second-order valence-electron chi connectivity index (χ2n) is 6.84. The Bertz CT molecular complexity index is 594. The number of carbonyl (C=O) groups is 1. The van der Waals surface area contributed by atoms with Crippen molar-refractivity contribution in [3.05, 3.63) is 47.0 Å². The first kappa shape index (κ1) is 18.7. The molecule has 0 bridgehead atoms. The van der Waals surface area contributed by atoms with Crippen molar-refractivity contribution in [2.75, 3.05) is 26.9 Å². The van der Waals surface area contributed by atoms with Crippen LogP contribution in [0.15, 0.2) is 35.9 Å².